The van der Waals surface area contributed by atoms with Gasteiger partial charge < -0.3 is 14.6 Å². The molecule has 0 radical (unpaired) electrons. The SMILES string of the molecule is CCn1c(C2CC(OC)CN2)nc2cc(C)ccc21. The maximum atomic E-state index is 5.43. The average molecular weight is 259 g/mol. The van der Waals surface area contributed by atoms with E-state index in [1.807, 2.05) is 0 Å². The van der Waals surface area contributed by atoms with Crippen molar-refractivity contribution in [2.24, 2.45) is 0 Å². The van der Waals surface area contributed by atoms with Gasteiger partial charge >= 0.3 is 0 Å². The topological polar surface area (TPSA) is 39.1 Å². The molecule has 19 heavy (non-hydrogen) atoms. The highest BCUT2D eigenvalue weighted by molar-refractivity contribution is 5.77. The minimum Gasteiger partial charge on any atom is -0.380 e. The maximum absolute atomic E-state index is 5.43. The lowest BCUT2D eigenvalue weighted by molar-refractivity contribution is 0.117. The molecule has 1 saturated heterocycles. The number of rotatable bonds is 3. The second-order valence-corrected chi connectivity index (χ2v) is 5.26. The van der Waals surface area contributed by atoms with Crippen molar-refractivity contribution in [1.82, 2.24) is 14.9 Å². The lowest BCUT2D eigenvalue weighted by Gasteiger charge is -2.12. The minimum atomic E-state index is 0.303. The Morgan fingerprint density at radius 1 is 1.47 bits per heavy atom. The van der Waals surface area contributed by atoms with Gasteiger partial charge in [-0.05, 0) is 38.0 Å². The fourth-order valence-corrected chi connectivity index (χ4v) is 2.94. The number of nitrogens with one attached hydrogen (secondary N) is 1. The van der Waals surface area contributed by atoms with Crippen LogP contribution in [0, 0.1) is 6.92 Å². The summed E-state index contributed by atoms with van der Waals surface area (Å²) in [6.45, 7) is 6.14. The van der Waals surface area contributed by atoms with Gasteiger partial charge in [0.15, 0.2) is 0 Å². The lowest BCUT2D eigenvalue weighted by atomic mass is 10.2. The van der Waals surface area contributed by atoms with Gasteiger partial charge in [-0.15, -0.1) is 0 Å². The number of methoxy groups -OCH3 is 1. The molecule has 1 aliphatic heterocycles. The summed E-state index contributed by atoms with van der Waals surface area (Å²) in [5.74, 6) is 1.14. The first-order valence-electron chi connectivity index (χ1n) is 6.96. The highest BCUT2D eigenvalue weighted by Crippen LogP contribution is 2.28. The number of ether oxygens (including phenoxy) is 1. The summed E-state index contributed by atoms with van der Waals surface area (Å²) in [5, 5.41) is 3.52. The summed E-state index contributed by atoms with van der Waals surface area (Å²) in [4.78, 5) is 4.84. The third-order valence-corrected chi connectivity index (χ3v) is 3.99. The molecule has 2 aromatic rings. The van der Waals surface area contributed by atoms with E-state index in [0.29, 0.717) is 12.1 Å². The number of imidazole rings is 1. The Balaban J connectivity index is 2.03. The number of aryl methyl sites for hydroxylation is 2. The Bertz CT molecular complexity index is 590. The smallest absolute Gasteiger partial charge is 0.127 e. The van der Waals surface area contributed by atoms with Crippen molar-refractivity contribution in [2.75, 3.05) is 13.7 Å². The van der Waals surface area contributed by atoms with Crippen LogP contribution in [0.5, 0.6) is 0 Å². The van der Waals surface area contributed by atoms with Crippen LogP contribution in [0.15, 0.2) is 18.2 Å². The molecule has 1 aromatic carbocycles. The van der Waals surface area contributed by atoms with E-state index in [0.717, 1.165) is 30.9 Å². The van der Waals surface area contributed by atoms with Gasteiger partial charge in [0, 0.05) is 20.2 Å². The van der Waals surface area contributed by atoms with Crippen LogP contribution in [0.2, 0.25) is 0 Å². The number of aromatic nitrogens is 2. The van der Waals surface area contributed by atoms with E-state index in [1.165, 1.54) is 11.1 Å². The molecular weight excluding hydrogens is 238 g/mol. The van der Waals surface area contributed by atoms with Crippen LogP contribution in [0.1, 0.15) is 30.8 Å². The quantitative estimate of drug-likeness (QED) is 0.920. The molecule has 2 atom stereocenters. The third kappa shape index (κ3) is 2.15. The van der Waals surface area contributed by atoms with Crippen molar-refractivity contribution < 1.29 is 4.74 Å². The largest absolute Gasteiger partial charge is 0.380 e. The van der Waals surface area contributed by atoms with Crippen molar-refractivity contribution in [2.45, 2.75) is 39.0 Å². The van der Waals surface area contributed by atoms with E-state index in [2.05, 4.69) is 41.9 Å². The van der Waals surface area contributed by atoms with Gasteiger partial charge in [0.2, 0.25) is 0 Å². The van der Waals surface area contributed by atoms with Crippen molar-refractivity contribution >= 4 is 11.0 Å². The van der Waals surface area contributed by atoms with Gasteiger partial charge in [0.05, 0.1) is 23.2 Å². The zero-order valence-corrected chi connectivity index (χ0v) is 11.8. The first kappa shape index (κ1) is 12.6. The summed E-state index contributed by atoms with van der Waals surface area (Å²) in [5.41, 5.74) is 3.58. The molecule has 4 heteroatoms. The molecule has 1 aromatic heterocycles. The molecular formula is C15H21N3O. The first-order valence-corrected chi connectivity index (χ1v) is 6.96. The van der Waals surface area contributed by atoms with Crippen LogP contribution in [-0.4, -0.2) is 29.3 Å². The zero-order valence-electron chi connectivity index (χ0n) is 11.8. The Labute approximate surface area is 113 Å². The van der Waals surface area contributed by atoms with E-state index in [1.54, 1.807) is 7.11 Å². The normalized spacial score (nSPS) is 23.3. The Morgan fingerprint density at radius 2 is 2.32 bits per heavy atom. The highest BCUT2D eigenvalue weighted by Gasteiger charge is 2.28. The minimum absolute atomic E-state index is 0.303. The zero-order chi connectivity index (χ0) is 13.4. The Kier molecular flexibility index (Phi) is 3.29. The molecule has 4 nitrogen and oxygen atoms in total. The molecule has 102 valence electrons. The first-order chi connectivity index (χ1) is 9.22. The van der Waals surface area contributed by atoms with Crippen LogP contribution >= 0.6 is 0 Å². The number of benzene rings is 1. The standard InChI is InChI=1S/C15H21N3O/c1-4-18-14-6-5-10(2)7-12(14)17-15(18)13-8-11(19-3)9-16-13/h5-7,11,13,16H,4,8-9H2,1-3H3. The molecule has 3 rings (SSSR count). The van der Waals surface area contributed by atoms with Gasteiger partial charge in [-0.25, -0.2) is 4.98 Å². The molecule has 2 heterocycles. The fourth-order valence-electron chi connectivity index (χ4n) is 2.94. The summed E-state index contributed by atoms with van der Waals surface area (Å²) in [7, 11) is 1.78. The number of hydrogen-bond donors (Lipinski definition) is 1. The van der Waals surface area contributed by atoms with Crippen molar-refractivity contribution in [3.05, 3.63) is 29.6 Å². The molecule has 1 aliphatic rings. The Morgan fingerprint density at radius 3 is 3.00 bits per heavy atom. The number of nitrogens with zero attached hydrogens (tertiary/aromatic N) is 2. The molecule has 0 bridgehead atoms. The van der Waals surface area contributed by atoms with Gasteiger partial charge in [-0.1, -0.05) is 6.07 Å². The highest BCUT2D eigenvalue weighted by atomic mass is 16.5. The van der Waals surface area contributed by atoms with Gasteiger partial charge in [0.25, 0.3) is 0 Å². The third-order valence-electron chi connectivity index (χ3n) is 3.99. The summed E-state index contributed by atoms with van der Waals surface area (Å²) in [6.07, 6.45) is 1.30. The van der Waals surface area contributed by atoms with Crippen molar-refractivity contribution in [3.8, 4) is 0 Å². The molecule has 1 fully saturated rings. The van der Waals surface area contributed by atoms with E-state index < -0.39 is 0 Å². The van der Waals surface area contributed by atoms with Crippen LogP contribution < -0.4 is 5.32 Å². The van der Waals surface area contributed by atoms with Crippen LogP contribution in [-0.2, 0) is 11.3 Å². The van der Waals surface area contributed by atoms with Crippen molar-refractivity contribution in [1.29, 1.82) is 0 Å². The summed E-state index contributed by atoms with van der Waals surface area (Å²) < 4.78 is 7.74. The van der Waals surface area contributed by atoms with E-state index >= 15 is 0 Å². The maximum Gasteiger partial charge on any atom is 0.127 e. The molecule has 2 unspecified atom stereocenters. The van der Waals surface area contributed by atoms with E-state index in [9.17, 15) is 0 Å². The second kappa shape index (κ2) is 4.94. The fraction of sp³-hybridized carbons (Fsp3) is 0.533. The number of fused-ring (bicyclic) bond motifs is 1. The molecule has 0 amide bonds. The van der Waals surface area contributed by atoms with Crippen LogP contribution in [0.4, 0.5) is 0 Å². The summed E-state index contributed by atoms with van der Waals surface area (Å²) >= 11 is 0. The molecule has 0 spiro atoms. The van der Waals surface area contributed by atoms with E-state index in [4.69, 9.17) is 9.72 Å². The van der Waals surface area contributed by atoms with Crippen molar-refractivity contribution in [3.63, 3.8) is 0 Å². The van der Waals surface area contributed by atoms with Gasteiger partial charge in [0.1, 0.15) is 5.82 Å². The average Bonchev–Trinajstić information content (AvgIpc) is 3.01. The predicted octanol–water partition coefficient (Wildman–Crippen LogP) is 2.41. The van der Waals surface area contributed by atoms with Crippen LogP contribution in [0.25, 0.3) is 11.0 Å². The lowest BCUT2D eigenvalue weighted by Crippen LogP contribution is -2.18. The van der Waals surface area contributed by atoms with Gasteiger partial charge in [-0.2, -0.15) is 0 Å². The summed E-state index contributed by atoms with van der Waals surface area (Å²) in [6, 6.07) is 6.79. The monoisotopic (exact) mass is 259 g/mol. The number of hydrogen-bond acceptors (Lipinski definition) is 3. The van der Waals surface area contributed by atoms with Gasteiger partial charge in [-0.3, -0.25) is 0 Å². The Hall–Kier alpha value is -1.39. The second-order valence-electron chi connectivity index (χ2n) is 5.26. The van der Waals surface area contributed by atoms with E-state index in [-0.39, 0.29) is 0 Å². The van der Waals surface area contributed by atoms with Crippen LogP contribution in [0.3, 0.4) is 0 Å². The molecule has 0 aliphatic carbocycles. The predicted molar refractivity (Wildman–Crippen MR) is 76.3 cm³/mol. The molecule has 0 saturated carbocycles. The molecule has 1 N–H and O–H groups in total.